The molecule has 4 rings (SSSR count). The predicted molar refractivity (Wildman–Crippen MR) is 98.7 cm³/mol. The van der Waals surface area contributed by atoms with Gasteiger partial charge < -0.3 is 10.1 Å². The maximum absolute atomic E-state index is 5.25. The SMILES string of the molecule is COc1ccc(-c2nc3ncccn3c2NCc2ccccc2)cc1. The van der Waals surface area contributed by atoms with Gasteiger partial charge in [0.05, 0.1) is 7.11 Å². The lowest BCUT2D eigenvalue weighted by molar-refractivity contribution is 0.415. The number of benzene rings is 2. The molecular formula is C20H18N4O. The van der Waals surface area contributed by atoms with E-state index >= 15 is 0 Å². The van der Waals surface area contributed by atoms with Gasteiger partial charge in [-0.3, -0.25) is 4.40 Å². The zero-order valence-corrected chi connectivity index (χ0v) is 13.9. The van der Waals surface area contributed by atoms with Gasteiger partial charge in [0, 0.05) is 24.5 Å². The first-order valence-corrected chi connectivity index (χ1v) is 8.10. The number of nitrogens with one attached hydrogen (secondary N) is 1. The molecule has 0 bridgehead atoms. The van der Waals surface area contributed by atoms with Crippen LogP contribution in [0.25, 0.3) is 17.0 Å². The molecule has 124 valence electrons. The van der Waals surface area contributed by atoms with Crippen molar-refractivity contribution in [3.05, 3.63) is 78.6 Å². The fraction of sp³-hybridized carbons (Fsp3) is 0.100. The molecule has 0 amide bonds. The molecule has 0 aliphatic carbocycles. The number of rotatable bonds is 5. The largest absolute Gasteiger partial charge is 0.497 e. The van der Waals surface area contributed by atoms with Gasteiger partial charge in [-0.2, -0.15) is 0 Å². The van der Waals surface area contributed by atoms with Crippen LogP contribution in [0.5, 0.6) is 5.75 Å². The summed E-state index contributed by atoms with van der Waals surface area (Å²) in [6.45, 7) is 0.715. The number of methoxy groups -OCH3 is 1. The molecule has 0 atom stereocenters. The minimum Gasteiger partial charge on any atom is -0.497 e. The van der Waals surface area contributed by atoms with E-state index in [1.165, 1.54) is 5.56 Å². The van der Waals surface area contributed by atoms with Crippen LogP contribution in [0, 0.1) is 0 Å². The molecule has 5 nitrogen and oxygen atoms in total. The smallest absolute Gasteiger partial charge is 0.235 e. The highest BCUT2D eigenvalue weighted by Gasteiger charge is 2.14. The Morgan fingerprint density at radius 2 is 1.80 bits per heavy atom. The molecule has 2 heterocycles. The Balaban J connectivity index is 1.74. The summed E-state index contributed by atoms with van der Waals surface area (Å²) in [5, 5.41) is 3.51. The van der Waals surface area contributed by atoms with E-state index in [-0.39, 0.29) is 0 Å². The third-order valence-electron chi connectivity index (χ3n) is 4.07. The Morgan fingerprint density at radius 3 is 2.56 bits per heavy atom. The lowest BCUT2D eigenvalue weighted by atomic mass is 10.1. The van der Waals surface area contributed by atoms with E-state index in [0.29, 0.717) is 12.3 Å². The molecule has 2 aromatic heterocycles. The van der Waals surface area contributed by atoms with E-state index in [2.05, 4.69) is 22.4 Å². The molecule has 0 aliphatic heterocycles. The summed E-state index contributed by atoms with van der Waals surface area (Å²) in [7, 11) is 1.66. The lowest BCUT2D eigenvalue weighted by Gasteiger charge is -2.09. The van der Waals surface area contributed by atoms with Crippen LogP contribution in [0.1, 0.15) is 5.56 Å². The second kappa shape index (κ2) is 6.65. The van der Waals surface area contributed by atoms with Crippen LogP contribution in [0.2, 0.25) is 0 Å². The molecule has 0 saturated heterocycles. The van der Waals surface area contributed by atoms with Crippen molar-refractivity contribution in [1.29, 1.82) is 0 Å². The second-order valence-electron chi connectivity index (χ2n) is 5.67. The maximum atomic E-state index is 5.25. The Hall–Kier alpha value is -3.34. The van der Waals surface area contributed by atoms with Gasteiger partial charge in [0.25, 0.3) is 0 Å². The zero-order valence-electron chi connectivity index (χ0n) is 13.9. The summed E-state index contributed by atoms with van der Waals surface area (Å²) >= 11 is 0. The number of hydrogen-bond acceptors (Lipinski definition) is 4. The number of anilines is 1. The van der Waals surface area contributed by atoms with Gasteiger partial charge in [0.1, 0.15) is 17.3 Å². The standard InChI is InChI=1S/C20H18N4O/c1-25-17-10-8-16(9-11-17)18-19(22-14-15-6-3-2-4-7-15)24-13-5-12-21-20(24)23-18/h2-13,22H,14H2,1H3. The first kappa shape index (κ1) is 15.2. The van der Waals surface area contributed by atoms with Crippen LogP contribution in [0.4, 0.5) is 5.82 Å². The Labute approximate surface area is 145 Å². The lowest BCUT2D eigenvalue weighted by Crippen LogP contribution is -2.03. The van der Waals surface area contributed by atoms with Crippen LogP contribution < -0.4 is 10.1 Å². The van der Waals surface area contributed by atoms with Crippen molar-refractivity contribution in [2.75, 3.05) is 12.4 Å². The topological polar surface area (TPSA) is 51.5 Å². The maximum Gasteiger partial charge on any atom is 0.235 e. The zero-order chi connectivity index (χ0) is 17.1. The highest BCUT2D eigenvalue weighted by molar-refractivity contribution is 5.75. The van der Waals surface area contributed by atoms with Crippen molar-refractivity contribution < 1.29 is 4.74 Å². The number of nitrogens with zero attached hydrogens (tertiary/aromatic N) is 3. The molecule has 0 spiro atoms. The number of aromatic nitrogens is 3. The molecule has 4 aromatic rings. The fourth-order valence-corrected chi connectivity index (χ4v) is 2.79. The molecule has 5 heteroatoms. The van der Waals surface area contributed by atoms with Gasteiger partial charge in [-0.05, 0) is 35.9 Å². The number of hydrogen-bond donors (Lipinski definition) is 1. The van der Waals surface area contributed by atoms with E-state index in [9.17, 15) is 0 Å². The number of imidazole rings is 1. The summed E-state index contributed by atoms with van der Waals surface area (Å²) in [5.74, 6) is 2.42. The van der Waals surface area contributed by atoms with E-state index in [0.717, 1.165) is 22.8 Å². The highest BCUT2D eigenvalue weighted by atomic mass is 16.5. The number of ether oxygens (including phenoxy) is 1. The van der Waals surface area contributed by atoms with Gasteiger partial charge >= 0.3 is 0 Å². The minimum absolute atomic E-state index is 0.670. The summed E-state index contributed by atoms with van der Waals surface area (Å²) < 4.78 is 7.22. The van der Waals surface area contributed by atoms with Crippen molar-refractivity contribution >= 4 is 11.6 Å². The molecule has 0 aliphatic rings. The third-order valence-corrected chi connectivity index (χ3v) is 4.07. The van der Waals surface area contributed by atoms with Gasteiger partial charge in [-0.1, -0.05) is 30.3 Å². The molecule has 1 N–H and O–H groups in total. The molecule has 0 radical (unpaired) electrons. The van der Waals surface area contributed by atoms with E-state index in [1.807, 2.05) is 59.1 Å². The van der Waals surface area contributed by atoms with E-state index in [1.54, 1.807) is 13.3 Å². The van der Waals surface area contributed by atoms with E-state index < -0.39 is 0 Å². The van der Waals surface area contributed by atoms with Gasteiger partial charge in [0.15, 0.2) is 0 Å². The Kier molecular flexibility index (Phi) is 4.04. The van der Waals surface area contributed by atoms with Gasteiger partial charge in [-0.25, -0.2) is 9.97 Å². The van der Waals surface area contributed by atoms with Crippen molar-refractivity contribution in [3.8, 4) is 17.0 Å². The normalized spacial score (nSPS) is 10.8. The van der Waals surface area contributed by atoms with Crippen LogP contribution in [-0.2, 0) is 6.54 Å². The molecule has 0 saturated carbocycles. The fourth-order valence-electron chi connectivity index (χ4n) is 2.79. The number of fused-ring (bicyclic) bond motifs is 1. The van der Waals surface area contributed by atoms with Crippen molar-refractivity contribution in [2.24, 2.45) is 0 Å². The van der Waals surface area contributed by atoms with Gasteiger partial charge in [-0.15, -0.1) is 0 Å². The van der Waals surface area contributed by atoms with Crippen LogP contribution in [-0.4, -0.2) is 21.5 Å². The minimum atomic E-state index is 0.670. The molecule has 2 aromatic carbocycles. The van der Waals surface area contributed by atoms with E-state index in [4.69, 9.17) is 9.72 Å². The molecule has 25 heavy (non-hydrogen) atoms. The molecule has 0 unspecified atom stereocenters. The average molecular weight is 330 g/mol. The Bertz CT molecular complexity index is 978. The van der Waals surface area contributed by atoms with Crippen molar-refractivity contribution in [3.63, 3.8) is 0 Å². The quantitative estimate of drug-likeness (QED) is 0.600. The van der Waals surface area contributed by atoms with Crippen molar-refractivity contribution in [1.82, 2.24) is 14.4 Å². The van der Waals surface area contributed by atoms with Crippen LogP contribution in [0.15, 0.2) is 73.1 Å². The van der Waals surface area contributed by atoms with Crippen LogP contribution in [0.3, 0.4) is 0 Å². The first-order chi connectivity index (χ1) is 12.3. The second-order valence-corrected chi connectivity index (χ2v) is 5.67. The summed E-state index contributed by atoms with van der Waals surface area (Å²) in [4.78, 5) is 9.06. The highest BCUT2D eigenvalue weighted by Crippen LogP contribution is 2.29. The summed E-state index contributed by atoms with van der Waals surface area (Å²) in [6.07, 6.45) is 3.72. The molecule has 0 fully saturated rings. The third kappa shape index (κ3) is 3.04. The first-order valence-electron chi connectivity index (χ1n) is 8.10. The molecular weight excluding hydrogens is 312 g/mol. The summed E-state index contributed by atoms with van der Waals surface area (Å²) in [6, 6.07) is 20.1. The summed E-state index contributed by atoms with van der Waals surface area (Å²) in [5.41, 5.74) is 3.10. The van der Waals surface area contributed by atoms with Crippen LogP contribution >= 0.6 is 0 Å². The monoisotopic (exact) mass is 330 g/mol. The Morgan fingerprint density at radius 1 is 1.00 bits per heavy atom. The van der Waals surface area contributed by atoms with Crippen molar-refractivity contribution in [2.45, 2.75) is 6.54 Å². The average Bonchev–Trinajstić information content (AvgIpc) is 3.06. The van der Waals surface area contributed by atoms with Gasteiger partial charge in [0.2, 0.25) is 5.78 Å². The predicted octanol–water partition coefficient (Wildman–Crippen LogP) is 4.02.